The van der Waals surface area contributed by atoms with Crippen LogP contribution >= 0.6 is 23.2 Å². The number of rotatable bonds is 4. The van der Waals surface area contributed by atoms with Crippen LogP contribution in [0.1, 0.15) is 28.3 Å². The number of nitriles is 1. The first-order valence-corrected chi connectivity index (χ1v) is 6.80. The van der Waals surface area contributed by atoms with Crippen molar-refractivity contribution in [2.45, 2.75) is 12.3 Å². The molecule has 0 N–H and O–H groups in total. The first kappa shape index (κ1) is 14.6. The first-order valence-electron chi connectivity index (χ1n) is 6.04. The Labute approximate surface area is 127 Å². The third kappa shape index (κ3) is 3.39. The third-order valence-electron chi connectivity index (χ3n) is 2.98. The zero-order valence-corrected chi connectivity index (χ0v) is 12.0. The number of nitrogens with zero attached hydrogens (tertiary/aromatic N) is 1. The van der Waals surface area contributed by atoms with E-state index in [0.717, 1.165) is 0 Å². The Kier molecular flexibility index (Phi) is 4.79. The standard InChI is InChI=1S/C16H11Cl2NO/c17-13-6-7-14(15(18)9-13)12(10-19)8-16(20)11-4-2-1-3-5-11/h1-7,9,12H,8H2/t12-/m0/s1. The summed E-state index contributed by atoms with van der Waals surface area (Å²) in [7, 11) is 0. The van der Waals surface area contributed by atoms with Gasteiger partial charge in [-0.2, -0.15) is 5.26 Å². The van der Waals surface area contributed by atoms with Gasteiger partial charge in [-0.05, 0) is 17.7 Å². The van der Waals surface area contributed by atoms with Gasteiger partial charge >= 0.3 is 0 Å². The summed E-state index contributed by atoms with van der Waals surface area (Å²) in [6, 6.07) is 16.0. The fourth-order valence-corrected chi connectivity index (χ4v) is 2.48. The quantitative estimate of drug-likeness (QED) is 0.756. The second kappa shape index (κ2) is 6.56. The molecule has 2 nitrogen and oxygen atoms in total. The third-order valence-corrected chi connectivity index (χ3v) is 3.54. The molecular weight excluding hydrogens is 293 g/mol. The highest BCUT2D eigenvalue weighted by Gasteiger charge is 2.19. The van der Waals surface area contributed by atoms with Crippen molar-refractivity contribution in [2.24, 2.45) is 0 Å². The van der Waals surface area contributed by atoms with E-state index in [1.807, 2.05) is 6.07 Å². The summed E-state index contributed by atoms with van der Waals surface area (Å²) in [5.41, 5.74) is 1.22. The molecule has 2 aromatic rings. The fraction of sp³-hybridized carbons (Fsp3) is 0.125. The molecule has 0 saturated carbocycles. The van der Waals surface area contributed by atoms with E-state index in [1.165, 1.54) is 0 Å². The van der Waals surface area contributed by atoms with Gasteiger partial charge in [0.05, 0.1) is 12.0 Å². The highest BCUT2D eigenvalue weighted by atomic mass is 35.5. The highest BCUT2D eigenvalue weighted by molar-refractivity contribution is 6.35. The summed E-state index contributed by atoms with van der Waals surface area (Å²) < 4.78 is 0. The second-order valence-electron chi connectivity index (χ2n) is 4.34. The molecule has 0 fully saturated rings. The highest BCUT2D eigenvalue weighted by Crippen LogP contribution is 2.30. The van der Waals surface area contributed by atoms with Crippen LogP contribution in [-0.4, -0.2) is 5.78 Å². The van der Waals surface area contributed by atoms with Crippen molar-refractivity contribution in [1.29, 1.82) is 5.26 Å². The van der Waals surface area contributed by atoms with Gasteiger partial charge in [0.15, 0.2) is 5.78 Å². The van der Waals surface area contributed by atoms with E-state index in [9.17, 15) is 10.1 Å². The van der Waals surface area contributed by atoms with Crippen molar-refractivity contribution >= 4 is 29.0 Å². The molecule has 0 spiro atoms. The van der Waals surface area contributed by atoms with E-state index >= 15 is 0 Å². The zero-order chi connectivity index (χ0) is 14.5. The molecule has 1 atom stereocenters. The van der Waals surface area contributed by atoms with Gasteiger partial charge in [-0.1, -0.05) is 59.6 Å². The van der Waals surface area contributed by atoms with Crippen LogP contribution in [-0.2, 0) is 0 Å². The minimum absolute atomic E-state index is 0.0804. The van der Waals surface area contributed by atoms with Gasteiger partial charge in [0.1, 0.15) is 0 Å². The lowest BCUT2D eigenvalue weighted by molar-refractivity contribution is 0.0979. The molecule has 2 rings (SSSR count). The van der Waals surface area contributed by atoms with Crippen molar-refractivity contribution in [3.05, 3.63) is 69.7 Å². The lowest BCUT2D eigenvalue weighted by Gasteiger charge is -2.11. The molecule has 0 bridgehead atoms. The first-order chi connectivity index (χ1) is 9.61. The molecule has 0 aliphatic carbocycles. The lowest BCUT2D eigenvalue weighted by atomic mass is 9.93. The summed E-state index contributed by atoms with van der Waals surface area (Å²) >= 11 is 11.9. The minimum atomic E-state index is -0.576. The van der Waals surface area contributed by atoms with E-state index in [1.54, 1.807) is 42.5 Å². The van der Waals surface area contributed by atoms with Gasteiger partial charge in [0, 0.05) is 22.0 Å². The molecular formula is C16H11Cl2NO. The average molecular weight is 304 g/mol. The molecule has 0 aromatic heterocycles. The lowest BCUT2D eigenvalue weighted by Crippen LogP contribution is -2.06. The number of Topliss-reactive ketones (excluding diaryl/α,β-unsaturated/α-hetero) is 1. The molecule has 4 heteroatoms. The van der Waals surface area contributed by atoms with Crippen LogP contribution < -0.4 is 0 Å². The number of benzene rings is 2. The van der Waals surface area contributed by atoms with Crippen molar-refractivity contribution in [3.63, 3.8) is 0 Å². The van der Waals surface area contributed by atoms with Gasteiger partial charge < -0.3 is 0 Å². The van der Waals surface area contributed by atoms with Gasteiger partial charge in [-0.25, -0.2) is 0 Å². The van der Waals surface area contributed by atoms with Crippen molar-refractivity contribution in [2.75, 3.05) is 0 Å². The number of carbonyl (C=O) groups excluding carboxylic acids is 1. The van der Waals surface area contributed by atoms with E-state index in [-0.39, 0.29) is 12.2 Å². The van der Waals surface area contributed by atoms with E-state index < -0.39 is 5.92 Å². The van der Waals surface area contributed by atoms with Crippen LogP contribution in [0.15, 0.2) is 48.5 Å². The Morgan fingerprint density at radius 2 is 1.85 bits per heavy atom. The van der Waals surface area contributed by atoms with Gasteiger partial charge in [-0.3, -0.25) is 4.79 Å². The molecule has 2 aromatic carbocycles. The summed E-state index contributed by atoms with van der Waals surface area (Å²) in [5, 5.41) is 10.2. The summed E-state index contributed by atoms with van der Waals surface area (Å²) in [6.45, 7) is 0. The Morgan fingerprint density at radius 1 is 1.15 bits per heavy atom. The van der Waals surface area contributed by atoms with E-state index in [2.05, 4.69) is 6.07 Å². The Morgan fingerprint density at radius 3 is 2.45 bits per heavy atom. The number of ketones is 1. The molecule has 0 radical (unpaired) electrons. The van der Waals surface area contributed by atoms with E-state index in [0.29, 0.717) is 21.2 Å². The van der Waals surface area contributed by atoms with Crippen molar-refractivity contribution in [3.8, 4) is 6.07 Å². The monoisotopic (exact) mass is 303 g/mol. The average Bonchev–Trinajstić information content (AvgIpc) is 2.46. The second-order valence-corrected chi connectivity index (χ2v) is 5.18. The maximum absolute atomic E-state index is 12.1. The smallest absolute Gasteiger partial charge is 0.164 e. The molecule has 100 valence electrons. The van der Waals surface area contributed by atoms with Gasteiger partial charge in [0.2, 0.25) is 0 Å². The van der Waals surface area contributed by atoms with Crippen LogP contribution in [0.5, 0.6) is 0 Å². The topological polar surface area (TPSA) is 40.9 Å². The minimum Gasteiger partial charge on any atom is -0.294 e. The Bertz CT molecular complexity index is 662. The van der Waals surface area contributed by atoms with Crippen LogP contribution in [0.2, 0.25) is 10.0 Å². The predicted molar refractivity (Wildman–Crippen MR) is 80.2 cm³/mol. The van der Waals surface area contributed by atoms with Gasteiger partial charge in [0.25, 0.3) is 0 Å². The van der Waals surface area contributed by atoms with Crippen LogP contribution in [0.25, 0.3) is 0 Å². The maximum Gasteiger partial charge on any atom is 0.164 e. The molecule has 0 aliphatic rings. The van der Waals surface area contributed by atoms with Crippen LogP contribution in [0, 0.1) is 11.3 Å². The summed E-state index contributed by atoms with van der Waals surface area (Å²) in [6.07, 6.45) is 0.0991. The van der Waals surface area contributed by atoms with Gasteiger partial charge in [-0.15, -0.1) is 0 Å². The predicted octanol–water partition coefficient (Wildman–Crippen LogP) is 4.87. The number of carbonyl (C=O) groups is 1. The molecule has 0 heterocycles. The van der Waals surface area contributed by atoms with Crippen molar-refractivity contribution < 1.29 is 4.79 Å². The van der Waals surface area contributed by atoms with Crippen LogP contribution in [0.3, 0.4) is 0 Å². The number of hydrogen-bond donors (Lipinski definition) is 0. The Balaban J connectivity index is 2.22. The summed E-state index contributed by atoms with van der Waals surface area (Å²) in [5.74, 6) is -0.657. The van der Waals surface area contributed by atoms with E-state index in [4.69, 9.17) is 23.2 Å². The Hall–Kier alpha value is -1.82. The fourth-order valence-electron chi connectivity index (χ4n) is 1.94. The summed E-state index contributed by atoms with van der Waals surface area (Å²) in [4.78, 5) is 12.1. The molecule has 0 unspecified atom stereocenters. The van der Waals surface area contributed by atoms with Crippen LogP contribution in [0.4, 0.5) is 0 Å². The zero-order valence-electron chi connectivity index (χ0n) is 10.5. The number of hydrogen-bond acceptors (Lipinski definition) is 2. The largest absolute Gasteiger partial charge is 0.294 e. The normalized spacial score (nSPS) is 11.7. The SMILES string of the molecule is N#C[C@H](CC(=O)c1ccccc1)c1ccc(Cl)cc1Cl. The maximum atomic E-state index is 12.1. The van der Waals surface area contributed by atoms with Crippen molar-refractivity contribution in [1.82, 2.24) is 0 Å². The number of halogens is 2. The molecule has 20 heavy (non-hydrogen) atoms. The molecule has 0 saturated heterocycles. The molecule has 0 aliphatic heterocycles. The molecule has 0 amide bonds.